The average molecular weight is 246 g/mol. The van der Waals surface area contributed by atoms with Gasteiger partial charge in [0.25, 0.3) is 0 Å². The zero-order valence-corrected chi connectivity index (χ0v) is 9.27. The lowest BCUT2D eigenvalue weighted by Crippen LogP contribution is -2.10. The number of hydrogen-bond acceptors (Lipinski definition) is 8. The van der Waals surface area contributed by atoms with Crippen LogP contribution in [0.25, 0.3) is 0 Å². The second kappa shape index (κ2) is 4.57. The van der Waals surface area contributed by atoms with Crippen LogP contribution in [0.4, 0.5) is 5.00 Å². The number of hydrazine groups is 1. The van der Waals surface area contributed by atoms with E-state index in [1.54, 1.807) is 0 Å². The van der Waals surface area contributed by atoms with Crippen LogP contribution >= 0.6 is 11.5 Å². The highest BCUT2D eigenvalue weighted by atomic mass is 32.1. The molecule has 2 aromatic heterocycles. The van der Waals surface area contributed by atoms with Crippen LogP contribution in [0.2, 0.25) is 0 Å². The molecule has 0 unspecified atom stereocenters. The van der Waals surface area contributed by atoms with Gasteiger partial charge in [-0.1, -0.05) is 4.49 Å². The fourth-order valence-electron chi connectivity index (χ4n) is 1.28. The number of nitrogens with zero attached hydrogens (tertiary/aromatic N) is 6. The van der Waals surface area contributed by atoms with Crippen LogP contribution < -0.4 is 11.3 Å². The SMILES string of the molecule is N#Cc1ncn(Cc2nnsc2NN)c1C#N. The maximum atomic E-state index is 8.94. The molecule has 0 fully saturated rings. The Morgan fingerprint density at radius 2 is 2.29 bits per heavy atom. The van der Waals surface area contributed by atoms with Crippen molar-refractivity contribution in [2.75, 3.05) is 5.43 Å². The summed E-state index contributed by atoms with van der Waals surface area (Å²) in [6.45, 7) is 0.285. The molecule has 0 saturated heterocycles. The molecular formula is C8H6N8S. The van der Waals surface area contributed by atoms with Crippen LogP contribution in [0.1, 0.15) is 17.1 Å². The molecule has 0 aliphatic heterocycles. The molecule has 2 aromatic rings. The molecule has 0 amide bonds. The van der Waals surface area contributed by atoms with Crippen molar-refractivity contribution >= 4 is 16.5 Å². The van der Waals surface area contributed by atoms with Crippen molar-refractivity contribution in [3.05, 3.63) is 23.4 Å². The standard InChI is InChI=1S/C8H6N8S/c9-1-5-7(2-10)16(4-12-5)3-6-8(13-11)17-15-14-6/h4,13H,3,11H2. The van der Waals surface area contributed by atoms with Gasteiger partial charge in [-0.2, -0.15) is 10.5 Å². The quantitative estimate of drug-likeness (QED) is 0.567. The molecule has 2 rings (SSSR count). The van der Waals surface area contributed by atoms with E-state index in [2.05, 4.69) is 20.0 Å². The average Bonchev–Trinajstić information content (AvgIpc) is 2.95. The van der Waals surface area contributed by atoms with Gasteiger partial charge in [-0.3, -0.25) is 0 Å². The van der Waals surface area contributed by atoms with Crippen LogP contribution in [-0.4, -0.2) is 19.1 Å². The minimum Gasteiger partial charge on any atom is -0.315 e. The molecule has 84 valence electrons. The molecule has 0 aliphatic rings. The van der Waals surface area contributed by atoms with E-state index in [4.69, 9.17) is 16.4 Å². The molecule has 3 N–H and O–H groups in total. The van der Waals surface area contributed by atoms with Crippen LogP contribution in [0, 0.1) is 22.7 Å². The molecule has 17 heavy (non-hydrogen) atoms. The van der Waals surface area contributed by atoms with E-state index in [1.807, 2.05) is 12.1 Å². The van der Waals surface area contributed by atoms with Crippen molar-refractivity contribution in [3.8, 4) is 12.1 Å². The van der Waals surface area contributed by atoms with Crippen molar-refractivity contribution in [1.82, 2.24) is 19.1 Å². The van der Waals surface area contributed by atoms with Gasteiger partial charge in [-0.25, -0.2) is 10.8 Å². The van der Waals surface area contributed by atoms with E-state index in [1.165, 1.54) is 10.9 Å². The van der Waals surface area contributed by atoms with Gasteiger partial charge >= 0.3 is 0 Å². The lowest BCUT2D eigenvalue weighted by atomic mass is 10.3. The first kappa shape index (κ1) is 11.0. The van der Waals surface area contributed by atoms with Crippen molar-refractivity contribution in [2.45, 2.75) is 6.54 Å². The largest absolute Gasteiger partial charge is 0.315 e. The monoisotopic (exact) mass is 246 g/mol. The number of aromatic nitrogens is 4. The van der Waals surface area contributed by atoms with Gasteiger partial charge in [0, 0.05) is 11.5 Å². The first-order valence-corrected chi connectivity index (χ1v) is 5.20. The second-order valence-corrected chi connectivity index (χ2v) is 3.74. The van der Waals surface area contributed by atoms with E-state index >= 15 is 0 Å². The number of anilines is 1. The summed E-state index contributed by atoms with van der Waals surface area (Å²) in [5, 5.41) is 22.2. The van der Waals surface area contributed by atoms with E-state index in [0.717, 1.165) is 11.5 Å². The van der Waals surface area contributed by atoms with Gasteiger partial charge in [-0.15, -0.1) is 5.10 Å². The third-order valence-electron chi connectivity index (χ3n) is 2.06. The second-order valence-electron chi connectivity index (χ2n) is 2.99. The molecule has 9 heteroatoms. The summed E-state index contributed by atoms with van der Waals surface area (Å²) in [7, 11) is 0. The Balaban J connectivity index is 2.35. The van der Waals surface area contributed by atoms with Crippen molar-refractivity contribution in [1.29, 1.82) is 10.5 Å². The van der Waals surface area contributed by atoms with Crippen molar-refractivity contribution in [3.63, 3.8) is 0 Å². The third-order valence-corrected chi connectivity index (χ3v) is 2.76. The summed E-state index contributed by atoms with van der Waals surface area (Å²) in [6, 6.07) is 3.77. The molecule has 0 radical (unpaired) electrons. The van der Waals surface area contributed by atoms with Gasteiger partial charge in [-0.05, 0) is 0 Å². The number of imidazole rings is 1. The molecule has 2 heterocycles. The number of nitrogen functional groups attached to an aromatic ring is 1. The molecule has 0 atom stereocenters. The summed E-state index contributed by atoms with van der Waals surface area (Å²) >= 11 is 1.12. The number of nitrogens with two attached hydrogens (primary N) is 1. The third kappa shape index (κ3) is 1.92. The summed E-state index contributed by atoms with van der Waals surface area (Å²) in [4.78, 5) is 3.82. The van der Waals surface area contributed by atoms with Crippen molar-refractivity contribution in [2.24, 2.45) is 5.84 Å². The van der Waals surface area contributed by atoms with Gasteiger partial charge < -0.3 is 9.99 Å². The van der Waals surface area contributed by atoms with E-state index in [0.29, 0.717) is 10.7 Å². The Morgan fingerprint density at radius 1 is 1.47 bits per heavy atom. The first-order valence-electron chi connectivity index (χ1n) is 4.43. The summed E-state index contributed by atoms with van der Waals surface area (Å²) in [5.74, 6) is 5.29. The predicted molar refractivity (Wildman–Crippen MR) is 58.5 cm³/mol. The predicted octanol–water partition coefficient (Wildman–Crippen LogP) is -0.188. The fraction of sp³-hybridized carbons (Fsp3) is 0.125. The molecule has 8 nitrogen and oxygen atoms in total. The smallest absolute Gasteiger partial charge is 0.176 e. The lowest BCUT2D eigenvalue weighted by Gasteiger charge is -2.02. The Labute approximate surface area is 100 Å². The van der Waals surface area contributed by atoms with E-state index in [9.17, 15) is 0 Å². The van der Waals surface area contributed by atoms with E-state index < -0.39 is 0 Å². The number of rotatable bonds is 3. The Morgan fingerprint density at radius 3 is 2.94 bits per heavy atom. The zero-order valence-electron chi connectivity index (χ0n) is 8.45. The Hall–Kier alpha value is -2.49. The number of nitrogens with one attached hydrogen (secondary N) is 1. The Kier molecular flexibility index (Phi) is 2.96. The lowest BCUT2D eigenvalue weighted by molar-refractivity contribution is 0.758. The molecule has 0 aromatic carbocycles. The zero-order chi connectivity index (χ0) is 12.3. The van der Waals surface area contributed by atoms with Gasteiger partial charge in [0.1, 0.15) is 22.8 Å². The van der Waals surface area contributed by atoms with Crippen LogP contribution in [0.15, 0.2) is 6.33 Å². The fourth-order valence-corrected chi connectivity index (χ4v) is 1.77. The normalized spacial score (nSPS) is 9.59. The molecule has 0 spiro atoms. The van der Waals surface area contributed by atoms with Gasteiger partial charge in [0.2, 0.25) is 0 Å². The highest BCUT2D eigenvalue weighted by Gasteiger charge is 2.13. The number of nitriles is 2. The molecule has 0 saturated carbocycles. The highest BCUT2D eigenvalue weighted by Crippen LogP contribution is 2.18. The van der Waals surface area contributed by atoms with Crippen molar-refractivity contribution < 1.29 is 0 Å². The van der Waals surface area contributed by atoms with Crippen LogP contribution in [0.5, 0.6) is 0 Å². The summed E-state index contributed by atoms with van der Waals surface area (Å²) in [5.41, 5.74) is 3.35. The summed E-state index contributed by atoms with van der Waals surface area (Å²) < 4.78 is 5.26. The van der Waals surface area contributed by atoms with Gasteiger partial charge in [0.05, 0.1) is 12.9 Å². The maximum Gasteiger partial charge on any atom is 0.176 e. The summed E-state index contributed by atoms with van der Waals surface area (Å²) in [6.07, 6.45) is 1.41. The molecule has 0 aliphatic carbocycles. The number of hydrogen-bond donors (Lipinski definition) is 2. The van der Waals surface area contributed by atoms with Crippen LogP contribution in [-0.2, 0) is 6.54 Å². The minimum atomic E-state index is 0.0953. The molecule has 0 bridgehead atoms. The molecular weight excluding hydrogens is 240 g/mol. The van der Waals surface area contributed by atoms with E-state index in [-0.39, 0.29) is 17.9 Å². The minimum absolute atomic E-state index is 0.0953. The van der Waals surface area contributed by atoms with Gasteiger partial charge in [0.15, 0.2) is 11.4 Å². The Bertz CT molecular complexity index is 612. The first-order chi connectivity index (χ1) is 8.30. The van der Waals surface area contributed by atoms with Crippen LogP contribution in [0.3, 0.4) is 0 Å². The highest BCUT2D eigenvalue weighted by molar-refractivity contribution is 7.10. The topological polar surface area (TPSA) is 129 Å². The maximum absolute atomic E-state index is 8.94.